The Morgan fingerprint density at radius 3 is 2.36 bits per heavy atom. The number of morpholine rings is 1. The van der Waals surface area contributed by atoms with Gasteiger partial charge in [0.05, 0.1) is 24.9 Å². The van der Waals surface area contributed by atoms with Crippen molar-refractivity contribution in [1.82, 2.24) is 10.3 Å². The largest absolute Gasteiger partial charge is 0.459 e. The van der Waals surface area contributed by atoms with Gasteiger partial charge in [-0.05, 0) is 85.0 Å². The molecular formula is C28H25FN4O2S. The number of rotatable bonds is 5. The molecule has 0 unspecified atom stereocenters. The zero-order chi connectivity index (χ0) is 24.5. The molecule has 0 bridgehead atoms. The summed E-state index contributed by atoms with van der Waals surface area (Å²) in [5.41, 5.74) is 3.81. The molecule has 2 aliphatic heterocycles. The molecule has 2 aromatic carbocycles. The van der Waals surface area contributed by atoms with Crippen molar-refractivity contribution >= 4 is 28.7 Å². The number of hydrogen-bond acceptors (Lipinski definition) is 5. The Kier molecular flexibility index (Phi) is 6.13. The third kappa shape index (κ3) is 4.34. The van der Waals surface area contributed by atoms with E-state index in [-0.39, 0.29) is 17.9 Å². The van der Waals surface area contributed by atoms with Gasteiger partial charge in [0.25, 0.3) is 0 Å². The van der Waals surface area contributed by atoms with E-state index < -0.39 is 0 Å². The number of nitrogens with one attached hydrogen (secondary N) is 1. The smallest absolute Gasteiger partial charge is 0.174 e. The molecular weight excluding hydrogens is 475 g/mol. The molecule has 2 aliphatic rings. The first-order valence-electron chi connectivity index (χ1n) is 12.0. The minimum atomic E-state index is -0.280. The number of hydrogen-bond donors (Lipinski definition) is 1. The van der Waals surface area contributed by atoms with Crippen molar-refractivity contribution < 1.29 is 13.5 Å². The van der Waals surface area contributed by atoms with Gasteiger partial charge in [0.1, 0.15) is 23.4 Å². The van der Waals surface area contributed by atoms with Crippen molar-refractivity contribution in [2.45, 2.75) is 12.1 Å². The molecule has 0 radical (unpaired) electrons. The maximum Gasteiger partial charge on any atom is 0.174 e. The van der Waals surface area contributed by atoms with Crippen LogP contribution >= 0.6 is 12.2 Å². The lowest BCUT2D eigenvalue weighted by Crippen LogP contribution is -2.36. The number of halogens is 1. The second-order valence-electron chi connectivity index (χ2n) is 8.82. The first kappa shape index (κ1) is 22.7. The third-order valence-corrected chi connectivity index (χ3v) is 6.96. The van der Waals surface area contributed by atoms with E-state index in [0.29, 0.717) is 10.9 Å². The Bertz CT molecular complexity index is 1340. The maximum absolute atomic E-state index is 13.4. The van der Waals surface area contributed by atoms with Crippen LogP contribution in [-0.4, -0.2) is 36.4 Å². The fourth-order valence-corrected chi connectivity index (χ4v) is 5.19. The van der Waals surface area contributed by atoms with Gasteiger partial charge in [-0.25, -0.2) is 4.39 Å². The lowest BCUT2D eigenvalue weighted by atomic mass is 10.0. The Morgan fingerprint density at radius 1 is 0.889 bits per heavy atom. The van der Waals surface area contributed by atoms with Gasteiger partial charge in [0.15, 0.2) is 5.11 Å². The van der Waals surface area contributed by atoms with E-state index in [1.807, 2.05) is 30.3 Å². The molecule has 8 heteroatoms. The van der Waals surface area contributed by atoms with Gasteiger partial charge < -0.3 is 24.3 Å². The quantitative estimate of drug-likeness (QED) is 0.364. The molecule has 2 atom stereocenters. The van der Waals surface area contributed by atoms with Crippen molar-refractivity contribution in [3.05, 3.63) is 102 Å². The predicted molar refractivity (Wildman–Crippen MR) is 142 cm³/mol. The standard InChI is InChI=1S/C28H25FN4O2S/c29-20-6-4-19(5-7-20)24-12-13-25(35-24)27-26(23-3-1-2-14-30-23)31-28(36)33(27)22-10-8-21(9-11-22)32-15-17-34-18-16-32/h1-14,26-27H,15-18H2,(H,31,36)/t26-,27+/m0/s1. The van der Waals surface area contributed by atoms with Crippen LogP contribution in [-0.2, 0) is 4.74 Å². The molecule has 6 nitrogen and oxygen atoms in total. The predicted octanol–water partition coefficient (Wildman–Crippen LogP) is 5.49. The summed E-state index contributed by atoms with van der Waals surface area (Å²) in [5.74, 6) is 1.14. The maximum atomic E-state index is 13.4. The Labute approximate surface area is 214 Å². The first-order chi connectivity index (χ1) is 17.7. The lowest BCUT2D eigenvalue weighted by Gasteiger charge is -2.30. The van der Waals surface area contributed by atoms with Crippen LogP contribution in [0.5, 0.6) is 0 Å². The summed E-state index contributed by atoms with van der Waals surface area (Å²) in [4.78, 5) is 9.01. The van der Waals surface area contributed by atoms with Crippen LogP contribution in [0.2, 0.25) is 0 Å². The normalized spacial score (nSPS) is 20.0. The zero-order valence-corrected chi connectivity index (χ0v) is 20.3. The molecule has 4 aromatic rings. The highest BCUT2D eigenvalue weighted by Gasteiger charge is 2.42. The van der Waals surface area contributed by atoms with Gasteiger partial charge in [-0.15, -0.1) is 0 Å². The van der Waals surface area contributed by atoms with E-state index in [1.165, 1.54) is 12.1 Å². The van der Waals surface area contributed by atoms with Gasteiger partial charge >= 0.3 is 0 Å². The Hall–Kier alpha value is -3.75. The number of aromatic nitrogens is 1. The molecule has 0 saturated carbocycles. The summed E-state index contributed by atoms with van der Waals surface area (Å²) in [6.07, 6.45) is 1.78. The van der Waals surface area contributed by atoms with Crippen LogP contribution in [0.15, 0.2) is 89.5 Å². The summed E-state index contributed by atoms with van der Waals surface area (Å²) < 4.78 is 25.3. The highest BCUT2D eigenvalue weighted by atomic mass is 32.1. The van der Waals surface area contributed by atoms with Gasteiger partial charge in [0, 0.05) is 36.2 Å². The monoisotopic (exact) mass is 500 g/mol. The fourth-order valence-electron chi connectivity index (χ4n) is 4.85. The van der Waals surface area contributed by atoms with E-state index in [9.17, 15) is 4.39 Å². The minimum Gasteiger partial charge on any atom is -0.459 e. The van der Waals surface area contributed by atoms with Crippen LogP contribution in [0, 0.1) is 5.82 Å². The van der Waals surface area contributed by atoms with Crippen LogP contribution in [0.4, 0.5) is 15.8 Å². The van der Waals surface area contributed by atoms with Gasteiger partial charge in [0.2, 0.25) is 0 Å². The Morgan fingerprint density at radius 2 is 1.64 bits per heavy atom. The van der Waals surface area contributed by atoms with Crippen molar-refractivity contribution in [3.8, 4) is 11.3 Å². The number of nitrogens with zero attached hydrogens (tertiary/aromatic N) is 3. The van der Waals surface area contributed by atoms with Crippen LogP contribution in [0.25, 0.3) is 11.3 Å². The van der Waals surface area contributed by atoms with Crippen molar-refractivity contribution in [2.75, 3.05) is 36.1 Å². The third-order valence-electron chi connectivity index (χ3n) is 6.65. The second-order valence-corrected chi connectivity index (χ2v) is 9.21. The average Bonchev–Trinajstić information content (AvgIpc) is 3.55. The highest BCUT2D eigenvalue weighted by molar-refractivity contribution is 7.80. The molecule has 0 spiro atoms. The molecule has 4 heterocycles. The summed E-state index contributed by atoms with van der Waals surface area (Å²) in [6.45, 7) is 3.24. The van der Waals surface area contributed by atoms with Crippen molar-refractivity contribution in [3.63, 3.8) is 0 Å². The molecule has 1 N–H and O–H groups in total. The Balaban J connectivity index is 1.37. The van der Waals surface area contributed by atoms with E-state index >= 15 is 0 Å². The average molecular weight is 501 g/mol. The summed E-state index contributed by atoms with van der Waals surface area (Å²) in [5, 5.41) is 4.07. The van der Waals surface area contributed by atoms with Crippen molar-refractivity contribution in [1.29, 1.82) is 0 Å². The fraction of sp³-hybridized carbons (Fsp3) is 0.214. The molecule has 36 heavy (non-hydrogen) atoms. The number of pyridine rings is 1. The van der Waals surface area contributed by atoms with Crippen molar-refractivity contribution in [2.24, 2.45) is 0 Å². The lowest BCUT2D eigenvalue weighted by molar-refractivity contribution is 0.122. The summed E-state index contributed by atoms with van der Waals surface area (Å²) >= 11 is 5.83. The number of benzene rings is 2. The molecule has 2 fully saturated rings. The SMILES string of the molecule is Fc1ccc(-c2ccc([C@@H]3[C@H](c4ccccn4)NC(=S)N3c3ccc(N4CCOCC4)cc3)o2)cc1. The number of ether oxygens (including phenoxy) is 1. The molecule has 6 rings (SSSR count). The molecule has 0 amide bonds. The van der Waals surface area contributed by atoms with Gasteiger partial charge in [-0.3, -0.25) is 4.98 Å². The summed E-state index contributed by atoms with van der Waals surface area (Å²) in [6, 6.07) is 24.0. The summed E-state index contributed by atoms with van der Waals surface area (Å²) in [7, 11) is 0. The van der Waals surface area contributed by atoms with Gasteiger partial charge in [-0.2, -0.15) is 0 Å². The molecule has 182 valence electrons. The first-order valence-corrected chi connectivity index (χ1v) is 12.4. The van der Waals surface area contributed by atoms with Crippen LogP contribution < -0.4 is 15.1 Å². The van der Waals surface area contributed by atoms with E-state index in [4.69, 9.17) is 21.4 Å². The number of thiocarbonyl (C=S) groups is 1. The molecule has 0 aliphatic carbocycles. The minimum absolute atomic E-state index is 0.204. The highest BCUT2D eigenvalue weighted by Crippen LogP contribution is 2.43. The number of furan rings is 1. The molecule has 2 aromatic heterocycles. The topological polar surface area (TPSA) is 53.8 Å². The van der Waals surface area contributed by atoms with Crippen LogP contribution in [0.3, 0.4) is 0 Å². The van der Waals surface area contributed by atoms with E-state index in [1.54, 1.807) is 18.3 Å². The van der Waals surface area contributed by atoms with Crippen LogP contribution in [0.1, 0.15) is 23.5 Å². The second kappa shape index (κ2) is 9.72. The van der Waals surface area contributed by atoms with Gasteiger partial charge in [-0.1, -0.05) is 6.07 Å². The molecule has 2 saturated heterocycles. The zero-order valence-electron chi connectivity index (χ0n) is 19.5. The van der Waals surface area contributed by atoms with E-state index in [0.717, 1.165) is 54.7 Å². The number of anilines is 2. The van der Waals surface area contributed by atoms with E-state index in [2.05, 4.69) is 44.4 Å².